The SMILES string of the molecule is COc1ccc(-c2ccnc(N(C)CC3OCCO3)n2)cc1. The van der Waals surface area contributed by atoms with E-state index in [1.165, 1.54) is 0 Å². The lowest BCUT2D eigenvalue weighted by Gasteiger charge is -2.20. The van der Waals surface area contributed by atoms with Gasteiger partial charge in [0.05, 0.1) is 32.6 Å². The van der Waals surface area contributed by atoms with Crippen molar-refractivity contribution in [3.05, 3.63) is 36.5 Å². The number of likely N-dealkylation sites (N-methyl/N-ethyl adjacent to an activating group) is 1. The highest BCUT2D eigenvalue weighted by Crippen LogP contribution is 2.22. The number of methoxy groups -OCH3 is 1. The van der Waals surface area contributed by atoms with Crippen LogP contribution in [0, 0.1) is 0 Å². The first-order chi connectivity index (χ1) is 10.8. The van der Waals surface area contributed by atoms with Crippen LogP contribution in [0.4, 0.5) is 5.95 Å². The zero-order valence-corrected chi connectivity index (χ0v) is 12.7. The van der Waals surface area contributed by atoms with E-state index in [-0.39, 0.29) is 6.29 Å². The average Bonchev–Trinajstić information content (AvgIpc) is 3.08. The monoisotopic (exact) mass is 301 g/mol. The minimum absolute atomic E-state index is 0.210. The number of rotatable bonds is 5. The summed E-state index contributed by atoms with van der Waals surface area (Å²) in [7, 11) is 3.58. The lowest BCUT2D eigenvalue weighted by Crippen LogP contribution is -2.30. The predicted molar refractivity (Wildman–Crippen MR) is 83.0 cm³/mol. The number of benzene rings is 1. The summed E-state index contributed by atoms with van der Waals surface area (Å²) in [5.74, 6) is 1.47. The van der Waals surface area contributed by atoms with Gasteiger partial charge in [0.25, 0.3) is 0 Å². The maximum atomic E-state index is 5.45. The molecule has 1 aliphatic heterocycles. The second-order valence-electron chi connectivity index (χ2n) is 5.02. The molecular formula is C16H19N3O3. The number of hydrogen-bond donors (Lipinski definition) is 0. The van der Waals surface area contributed by atoms with Crippen molar-refractivity contribution in [3.8, 4) is 17.0 Å². The van der Waals surface area contributed by atoms with Crippen molar-refractivity contribution in [2.75, 3.05) is 38.8 Å². The molecule has 0 radical (unpaired) electrons. The average molecular weight is 301 g/mol. The molecule has 1 saturated heterocycles. The third kappa shape index (κ3) is 3.35. The molecule has 0 saturated carbocycles. The van der Waals surface area contributed by atoms with Gasteiger partial charge in [0.1, 0.15) is 5.75 Å². The highest BCUT2D eigenvalue weighted by Gasteiger charge is 2.19. The van der Waals surface area contributed by atoms with Gasteiger partial charge in [-0.2, -0.15) is 0 Å². The molecule has 0 amide bonds. The van der Waals surface area contributed by atoms with Crippen molar-refractivity contribution in [1.29, 1.82) is 0 Å². The van der Waals surface area contributed by atoms with E-state index in [0.717, 1.165) is 17.0 Å². The standard InChI is InChI=1S/C16H19N3O3/c1-19(11-15-21-9-10-22-15)16-17-8-7-14(18-16)12-3-5-13(20-2)6-4-12/h3-8,15H,9-11H2,1-2H3. The third-order valence-electron chi connectivity index (χ3n) is 3.48. The van der Waals surface area contributed by atoms with Crippen molar-refractivity contribution in [2.24, 2.45) is 0 Å². The predicted octanol–water partition coefficient (Wildman–Crippen LogP) is 1.96. The number of hydrogen-bond acceptors (Lipinski definition) is 6. The van der Waals surface area contributed by atoms with E-state index in [1.54, 1.807) is 13.3 Å². The topological polar surface area (TPSA) is 56.7 Å². The molecule has 1 aromatic carbocycles. The van der Waals surface area contributed by atoms with Crippen LogP contribution >= 0.6 is 0 Å². The van der Waals surface area contributed by atoms with E-state index in [4.69, 9.17) is 14.2 Å². The molecule has 1 fully saturated rings. The second kappa shape index (κ2) is 6.72. The van der Waals surface area contributed by atoms with Gasteiger partial charge in [-0.05, 0) is 30.3 Å². The van der Waals surface area contributed by atoms with Gasteiger partial charge < -0.3 is 19.1 Å². The van der Waals surface area contributed by atoms with Crippen LogP contribution in [0.25, 0.3) is 11.3 Å². The van der Waals surface area contributed by atoms with Gasteiger partial charge in [0.15, 0.2) is 6.29 Å². The minimum Gasteiger partial charge on any atom is -0.497 e. The number of nitrogens with zero attached hydrogens (tertiary/aromatic N) is 3. The van der Waals surface area contributed by atoms with E-state index >= 15 is 0 Å². The van der Waals surface area contributed by atoms with E-state index in [2.05, 4.69) is 9.97 Å². The number of anilines is 1. The fourth-order valence-electron chi connectivity index (χ4n) is 2.27. The molecule has 0 bridgehead atoms. The lowest BCUT2D eigenvalue weighted by atomic mass is 10.1. The Morgan fingerprint density at radius 2 is 1.91 bits per heavy atom. The molecule has 116 valence electrons. The first-order valence-corrected chi connectivity index (χ1v) is 7.18. The Morgan fingerprint density at radius 1 is 1.18 bits per heavy atom. The summed E-state index contributed by atoms with van der Waals surface area (Å²) in [5.41, 5.74) is 1.89. The van der Waals surface area contributed by atoms with Crippen LogP contribution in [0.1, 0.15) is 0 Å². The summed E-state index contributed by atoms with van der Waals surface area (Å²) >= 11 is 0. The van der Waals surface area contributed by atoms with Gasteiger partial charge in [-0.15, -0.1) is 0 Å². The van der Waals surface area contributed by atoms with Crippen LogP contribution in [-0.4, -0.2) is 50.2 Å². The van der Waals surface area contributed by atoms with Crippen LogP contribution in [0.15, 0.2) is 36.5 Å². The zero-order valence-electron chi connectivity index (χ0n) is 12.7. The molecule has 6 heteroatoms. The van der Waals surface area contributed by atoms with Gasteiger partial charge in [0.2, 0.25) is 5.95 Å². The maximum absolute atomic E-state index is 5.45. The van der Waals surface area contributed by atoms with Gasteiger partial charge >= 0.3 is 0 Å². The summed E-state index contributed by atoms with van der Waals surface area (Å²) in [5, 5.41) is 0. The van der Waals surface area contributed by atoms with Crippen molar-refractivity contribution < 1.29 is 14.2 Å². The quantitative estimate of drug-likeness (QED) is 0.841. The van der Waals surface area contributed by atoms with Crippen molar-refractivity contribution >= 4 is 5.95 Å². The molecule has 0 atom stereocenters. The Balaban J connectivity index is 1.75. The molecular weight excluding hydrogens is 282 g/mol. The Hall–Kier alpha value is -2.18. The van der Waals surface area contributed by atoms with E-state index in [9.17, 15) is 0 Å². The van der Waals surface area contributed by atoms with Crippen LogP contribution < -0.4 is 9.64 Å². The molecule has 1 aliphatic rings. The van der Waals surface area contributed by atoms with E-state index in [0.29, 0.717) is 25.7 Å². The highest BCUT2D eigenvalue weighted by atomic mass is 16.7. The van der Waals surface area contributed by atoms with Crippen LogP contribution in [0.2, 0.25) is 0 Å². The van der Waals surface area contributed by atoms with Crippen molar-refractivity contribution in [3.63, 3.8) is 0 Å². The molecule has 0 N–H and O–H groups in total. The molecule has 2 heterocycles. The Bertz CT molecular complexity index is 612. The van der Waals surface area contributed by atoms with Crippen LogP contribution in [0.3, 0.4) is 0 Å². The second-order valence-corrected chi connectivity index (χ2v) is 5.02. The molecule has 1 aromatic heterocycles. The van der Waals surface area contributed by atoms with Gasteiger partial charge in [0, 0.05) is 18.8 Å². The summed E-state index contributed by atoms with van der Waals surface area (Å²) in [4.78, 5) is 10.9. The number of ether oxygens (including phenoxy) is 3. The maximum Gasteiger partial charge on any atom is 0.225 e. The van der Waals surface area contributed by atoms with Gasteiger partial charge in [-0.25, -0.2) is 9.97 Å². The summed E-state index contributed by atoms with van der Waals surface area (Å²) < 4.78 is 16.1. The van der Waals surface area contributed by atoms with Crippen LogP contribution in [0.5, 0.6) is 5.75 Å². The Morgan fingerprint density at radius 3 is 2.59 bits per heavy atom. The molecule has 0 spiro atoms. The van der Waals surface area contributed by atoms with Gasteiger partial charge in [-0.3, -0.25) is 0 Å². The molecule has 6 nitrogen and oxygen atoms in total. The first kappa shape index (κ1) is 14.7. The summed E-state index contributed by atoms with van der Waals surface area (Å²) in [6.45, 7) is 1.89. The third-order valence-corrected chi connectivity index (χ3v) is 3.48. The molecule has 2 aromatic rings. The van der Waals surface area contributed by atoms with Crippen molar-refractivity contribution in [1.82, 2.24) is 9.97 Å². The van der Waals surface area contributed by atoms with E-state index < -0.39 is 0 Å². The summed E-state index contributed by atoms with van der Waals surface area (Å²) in [6.07, 6.45) is 1.55. The Labute approximate surface area is 129 Å². The molecule has 3 rings (SSSR count). The first-order valence-electron chi connectivity index (χ1n) is 7.18. The Kier molecular flexibility index (Phi) is 4.50. The largest absolute Gasteiger partial charge is 0.497 e. The molecule has 0 unspecified atom stereocenters. The smallest absolute Gasteiger partial charge is 0.225 e. The zero-order chi connectivity index (χ0) is 15.4. The molecule has 0 aliphatic carbocycles. The molecule has 22 heavy (non-hydrogen) atoms. The van der Waals surface area contributed by atoms with Crippen LogP contribution in [-0.2, 0) is 9.47 Å². The fourth-order valence-corrected chi connectivity index (χ4v) is 2.27. The number of aromatic nitrogens is 2. The van der Waals surface area contributed by atoms with Crippen molar-refractivity contribution in [2.45, 2.75) is 6.29 Å². The minimum atomic E-state index is -0.210. The van der Waals surface area contributed by atoms with E-state index in [1.807, 2.05) is 42.3 Å². The lowest BCUT2D eigenvalue weighted by molar-refractivity contribution is -0.0338. The summed E-state index contributed by atoms with van der Waals surface area (Å²) in [6, 6.07) is 9.69. The van der Waals surface area contributed by atoms with Gasteiger partial charge in [-0.1, -0.05) is 0 Å². The highest BCUT2D eigenvalue weighted by molar-refractivity contribution is 5.61. The normalized spacial score (nSPS) is 15.0. The fraction of sp³-hybridized carbons (Fsp3) is 0.375.